The molecule has 0 aliphatic heterocycles. The van der Waals surface area contributed by atoms with Crippen molar-refractivity contribution < 1.29 is 23.7 Å². The summed E-state index contributed by atoms with van der Waals surface area (Å²) in [7, 11) is -3.82. The molecule has 20 heavy (non-hydrogen) atoms. The lowest BCUT2D eigenvalue weighted by atomic mass is 9.93. The molecular formula is C13H26NO5S-. The second-order valence-electron chi connectivity index (χ2n) is 5.33. The van der Waals surface area contributed by atoms with Crippen LogP contribution in [0.3, 0.4) is 0 Å². The number of hydrogen-bond donors (Lipinski definition) is 2. The Hall–Kier alpha value is -0.660. The van der Waals surface area contributed by atoms with Crippen molar-refractivity contribution in [3.8, 4) is 0 Å². The minimum absolute atomic E-state index is 0.169. The van der Waals surface area contributed by atoms with Gasteiger partial charge in [0.25, 0.3) is 10.0 Å². The van der Waals surface area contributed by atoms with Gasteiger partial charge in [-0.2, -0.15) is 4.40 Å². The van der Waals surface area contributed by atoms with Gasteiger partial charge in [-0.25, -0.2) is 8.42 Å². The Kier molecular flexibility index (Phi) is 9.00. The van der Waals surface area contributed by atoms with Crippen LogP contribution in [0.5, 0.6) is 0 Å². The van der Waals surface area contributed by atoms with Gasteiger partial charge in [-0.1, -0.05) is 46.0 Å². The highest BCUT2D eigenvalue weighted by Crippen LogP contribution is 2.15. The summed E-state index contributed by atoms with van der Waals surface area (Å²) < 4.78 is 26.5. The minimum Gasteiger partial charge on any atom is -0.861 e. The molecule has 0 aliphatic rings. The normalized spacial score (nSPS) is 13.7. The van der Waals surface area contributed by atoms with Crippen LogP contribution in [0.2, 0.25) is 0 Å². The lowest BCUT2D eigenvalue weighted by molar-refractivity contribution is -0.233. The molecule has 0 aromatic rings. The fraction of sp³-hybridized carbons (Fsp3) is 0.923. The SMILES string of the molecule is CCCCCCCCS(=O)(=O)/N=C(\[O-])C(C)(CO)CO. The number of aliphatic hydroxyl groups is 2. The van der Waals surface area contributed by atoms with Crippen molar-refractivity contribution in [3.63, 3.8) is 0 Å². The Labute approximate surface area is 121 Å². The number of aliphatic hydroxyl groups excluding tert-OH is 2. The van der Waals surface area contributed by atoms with E-state index >= 15 is 0 Å². The second kappa shape index (κ2) is 9.31. The third-order valence-corrected chi connectivity index (χ3v) is 4.44. The van der Waals surface area contributed by atoms with E-state index in [0.29, 0.717) is 6.42 Å². The Morgan fingerprint density at radius 1 is 1.10 bits per heavy atom. The van der Waals surface area contributed by atoms with E-state index in [2.05, 4.69) is 11.3 Å². The van der Waals surface area contributed by atoms with Gasteiger partial charge in [0.05, 0.1) is 19.0 Å². The molecule has 7 heteroatoms. The zero-order valence-corrected chi connectivity index (χ0v) is 13.2. The fourth-order valence-electron chi connectivity index (χ4n) is 1.53. The highest BCUT2D eigenvalue weighted by Gasteiger charge is 2.24. The van der Waals surface area contributed by atoms with Crippen LogP contribution in [-0.2, 0) is 10.0 Å². The van der Waals surface area contributed by atoms with Crippen LogP contribution >= 0.6 is 0 Å². The Morgan fingerprint density at radius 3 is 2.10 bits per heavy atom. The van der Waals surface area contributed by atoms with Gasteiger partial charge in [-0.05, 0) is 12.3 Å². The zero-order valence-electron chi connectivity index (χ0n) is 12.3. The van der Waals surface area contributed by atoms with Gasteiger partial charge in [0, 0.05) is 5.41 Å². The lowest BCUT2D eigenvalue weighted by Crippen LogP contribution is -2.43. The molecule has 0 radical (unpaired) electrons. The molecule has 0 fully saturated rings. The average Bonchev–Trinajstić information content (AvgIpc) is 2.41. The summed E-state index contributed by atoms with van der Waals surface area (Å²) in [6, 6.07) is 0. The van der Waals surface area contributed by atoms with E-state index < -0.39 is 34.5 Å². The summed E-state index contributed by atoms with van der Waals surface area (Å²) >= 11 is 0. The monoisotopic (exact) mass is 308 g/mol. The van der Waals surface area contributed by atoms with Crippen LogP contribution in [0.15, 0.2) is 4.40 Å². The van der Waals surface area contributed by atoms with Gasteiger partial charge in [-0.3, -0.25) is 0 Å². The van der Waals surface area contributed by atoms with Crippen molar-refractivity contribution in [2.75, 3.05) is 19.0 Å². The molecule has 0 heterocycles. The molecule has 0 aromatic carbocycles. The summed E-state index contributed by atoms with van der Waals surface area (Å²) in [6.07, 6.45) is 5.59. The first-order valence-corrected chi connectivity index (χ1v) is 8.64. The van der Waals surface area contributed by atoms with Crippen molar-refractivity contribution in [1.82, 2.24) is 0 Å². The highest BCUT2D eigenvalue weighted by molar-refractivity contribution is 7.90. The molecule has 0 rings (SSSR count). The minimum atomic E-state index is -3.82. The fourth-order valence-corrected chi connectivity index (χ4v) is 2.67. The van der Waals surface area contributed by atoms with Crippen molar-refractivity contribution >= 4 is 15.9 Å². The molecule has 0 saturated heterocycles. The van der Waals surface area contributed by atoms with Crippen molar-refractivity contribution in [2.45, 2.75) is 52.4 Å². The first-order valence-electron chi connectivity index (χ1n) is 7.03. The van der Waals surface area contributed by atoms with E-state index in [9.17, 15) is 13.5 Å². The van der Waals surface area contributed by atoms with Gasteiger partial charge in [0.2, 0.25) is 0 Å². The van der Waals surface area contributed by atoms with Crippen LogP contribution < -0.4 is 5.11 Å². The largest absolute Gasteiger partial charge is 0.861 e. The zero-order chi connectivity index (χ0) is 15.6. The first-order chi connectivity index (χ1) is 9.31. The molecule has 0 unspecified atom stereocenters. The maximum absolute atomic E-state index is 11.7. The predicted octanol–water partition coefficient (Wildman–Crippen LogP) is 0.426. The van der Waals surface area contributed by atoms with E-state index in [1.165, 1.54) is 6.92 Å². The van der Waals surface area contributed by atoms with Crippen LogP contribution in [0, 0.1) is 5.41 Å². The van der Waals surface area contributed by atoms with E-state index in [0.717, 1.165) is 32.1 Å². The van der Waals surface area contributed by atoms with Crippen LogP contribution in [0.25, 0.3) is 0 Å². The first kappa shape index (κ1) is 19.3. The number of hydrogen-bond acceptors (Lipinski definition) is 5. The molecule has 120 valence electrons. The Balaban J connectivity index is 4.37. The van der Waals surface area contributed by atoms with Crippen molar-refractivity contribution in [1.29, 1.82) is 0 Å². The molecule has 0 saturated carbocycles. The van der Waals surface area contributed by atoms with Gasteiger partial charge in [-0.15, -0.1) is 0 Å². The number of unbranched alkanes of at least 4 members (excludes halogenated alkanes) is 5. The maximum atomic E-state index is 11.7. The van der Waals surface area contributed by atoms with Crippen LogP contribution in [-0.4, -0.2) is 43.5 Å². The number of rotatable bonds is 11. The van der Waals surface area contributed by atoms with Gasteiger partial charge < -0.3 is 15.3 Å². The molecule has 6 nitrogen and oxygen atoms in total. The molecule has 0 bridgehead atoms. The molecule has 0 aliphatic carbocycles. The summed E-state index contributed by atoms with van der Waals surface area (Å²) in [5.41, 5.74) is -1.53. The smallest absolute Gasteiger partial charge is 0.252 e. The van der Waals surface area contributed by atoms with Gasteiger partial charge in [0.15, 0.2) is 0 Å². The third-order valence-electron chi connectivity index (χ3n) is 3.19. The maximum Gasteiger partial charge on any atom is 0.252 e. The van der Waals surface area contributed by atoms with E-state index in [-0.39, 0.29) is 5.75 Å². The molecular weight excluding hydrogens is 282 g/mol. The van der Waals surface area contributed by atoms with Crippen molar-refractivity contribution in [2.24, 2.45) is 9.81 Å². The van der Waals surface area contributed by atoms with Crippen LogP contribution in [0.1, 0.15) is 52.4 Å². The van der Waals surface area contributed by atoms with Crippen molar-refractivity contribution in [3.05, 3.63) is 0 Å². The summed E-state index contributed by atoms with van der Waals surface area (Å²) in [4.78, 5) is 0. The lowest BCUT2D eigenvalue weighted by Gasteiger charge is -2.30. The number of nitrogens with zero attached hydrogens (tertiary/aromatic N) is 1. The summed E-state index contributed by atoms with van der Waals surface area (Å²) in [5, 5.41) is 29.7. The Morgan fingerprint density at radius 2 is 1.60 bits per heavy atom. The van der Waals surface area contributed by atoms with E-state index in [1.807, 2.05) is 0 Å². The molecule has 0 aromatic heterocycles. The van der Waals surface area contributed by atoms with Gasteiger partial charge in [0.1, 0.15) is 0 Å². The van der Waals surface area contributed by atoms with E-state index in [4.69, 9.17) is 10.2 Å². The quantitative estimate of drug-likeness (QED) is 0.327. The average molecular weight is 308 g/mol. The molecule has 0 atom stereocenters. The van der Waals surface area contributed by atoms with Gasteiger partial charge >= 0.3 is 0 Å². The highest BCUT2D eigenvalue weighted by atomic mass is 32.2. The predicted molar refractivity (Wildman–Crippen MR) is 76.9 cm³/mol. The number of sulfonamides is 1. The van der Waals surface area contributed by atoms with E-state index in [1.54, 1.807) is 0 Å². The second-order valence-corrected chi connectivity index (χ2v) is 7.08. The Bertz CT molecular complexity index is 388. The standard InChI is InChI=1S/C13H27NO5S/c1-3-4-5-6-7-8-9-20(18,19)14-12(17)13(2,10-15)11-16/h15-16H,3-11H2,1-2H3,(H,14,17)/p-1. The summed E-state index contributed by atoms with van der Waals surface area (Å²) in [6.45, 7) is 2.10. The molecule has 2 N–H and O–H groups in total. The topological polar surface area (TPSA) is 110 Å². The molecule has 0 amide bonds. The van der Waals surface area contributed by atoms with Crippen LogP contribution in [0.4, 0.5) is 0 Å². The third kappa shape index (κ3) is 7.21. The summed E-state index contributed by atoms with van der Waals surface area (Å²) in [5.74, 6) is -1.16. The molecule has 0 spiro atoms.